The van der Waals surface area contributed by atoms with E-state index in [0.717, 1.165) is 5.56 Å². The van der Waals surface area contributed by atoms with Crippen molar-refractivity contribution in [2.24, 2.45) is 5.92 Å². The monoisotopic (exact) mass is 269 g/mol. The van der Waals surface area contributed by atoms with Crippen LogP contribution < -0.4 is 5.32 Å². The zero-order valence-electron chi connectivity index (χ0n) is 10.5. The summed E-state index contributed by atoms with van der Waals surface area (Å²) >= 11 is 5.92. The van der Waals surface area contributed by atoms with Gasteiger partial charge in [0.2, 0.25) is 0 Å². The van der Waals surface area contributed by atoms with Crippen molar-refractivity contribution in [1.29, 1.82) is 0 Å². The van der Waals surface area contributed by atoms with Crippen molar-refractivity contribution < 1.29 is 14.7 Å². The van der Waals surface area contributed by atoms with Gasteiger partial charge in [0.25, 0.3) is 5.91 Å². The largest absolute Gasteiger partial charge is 0.480 e. The van der Waals surface area contributed by atoms with Gasteiger partial charge in [0, 0.05) is 10.6 Å². The van der Waals surface area contributed by atoms with Crippen molar-refractivity contribution in [2.45, 2.75) is 26.8 Å². The number of aryl methyl sites for hydroxylation is 1. The van der Waals surface area contributed by atoms with E-state index in [0.29, 0.717) is 10.6 Å². The van der Waals surface area contributed by atoms with Crippen molar-refractivity contribution in [3.63, 3.8) is 0 Å². The summed E-state index contributed by atoms with van der Waals surface area (Å²) in [5.74, 6) is -1.66. The van der Waals surface area contributed by atoms with Gasteiger partial charge in [0.05, 0.1) is 0 Å². The molecule has 0 fully saturated rings. The summed E-state index contributed by atoms with van der Waals surface area (Å²) in [5.41, 5.74) is 1.23. The molecule has 1 aromatic rings. The van der Waals surface area contributed by atoms with E-state index in [1.807, 2.05) is 6.92 Å². The lowest BCUT2D eigenvalue weighted by Gasteiger charge is -2.18. The molecule has 0 aliphatic rings. The highest BCUT2D eigenvalue weighted by molar-refractivity contribution is 6.31. The Morgan fingerprint density at radius 3 is 2.39 bits per heavy atom. The zero-order valence-corrected chi connectivity index (χ0v) is 11.3. The van der Waals surface area contributed by atoms with Gasteiger partial charge in [-0.25, -0.2) is 4.79 Å². The molecule has 1 rings (SSSR count). The summed E-state index contributed by atoms with van der Waals surface area (Å²) in [6.07, 6.45) is 0. The first-order valence-corrected chi connectivity index (χ1v) is 6.00. The van der Waals surface area contributed by atoms with Gasteiger partial charge in [0.1, 0.15) is 6.04 Å². The average molecular weight is 270 g/mol. The number of carbonyl (C=O) groups excluding carboxylic acids is 1. The van der Waals surface area contributed by atoms with E-state index < -0.39 is 17.9 Å². The van der Waals surface area contributed by atoms with Gasteiger partial charge in [-0.15, -0.1) is 0 Å². The van der Waals surface area contributed by atoms with Gasteiger partial charge in [-0.3, -0.25) is 4.79 Å². The number of hydrogen-bond donors (Lipinski definition) is 2. The Balaban J connectivity index is 2.87. The highest BCUT2D eigenvalue weighted by Crippen LogP contribution is 2.17. The quantitative estimate of drug-likeness (QED) is 0.882. The standard InChI is InChI=1S/C13H16ClNO3/c1-7(2)11(13(17)18)15-12(16)9-5-4-8(3)10(14)6-9/h4-7,11H,1-3H3,(H,15,16)(H,17,18). The number of rotatable bonds is 4. The molecule has 4 nitrogen and oxygen atoms in total. The van der Waals surface area contributed by atoms with Gasteiger partial charge in [-0.05, 0) is 30.5 Å². The molecule has 1 unspecified atom stereocenters. The van der Waals surface area contributed by atoms with Crippen LogP contribution in [0.5, 0.6) is 0 Å². The van der Waals surface area contributed by atoms with Crippen LogP contribution in [0.15, 0.2) is 18.2 Å². The Bertz CT molecular complexity index is 471. The minimum absolute atomic E-state index is 0.188. The molecule has 0 radical (unpaired) electrons. The van der Waals surface area contributed by atoms with Crippen LogP contribution in [-0.4, -0.2) is 23.0 Å². The number of aliphatic carboxylic acids is 1. The zero-order chi connectivity index (χ0) is 13.9. The Morgan fingerprint density at radius 1 is 1.33 bits per heavy atom. The first-order chi connectivity index (χ1) is 8.32. The first kappa shape index (κ1) is 14.5. The van der Waals surface area contributed by atoms with Crippen LogP contribution in [0.1, 0.15) is 29.8 Å². The first-order valence-electron chi connectivity index (χ1n) is 5.62. The van der Waals surface area contributed by atoms with Crippen LogP contribution in [0, 0.1) is 12.8 Å². The van der Waals surface area contributed by atoms with Crippen LogP contribution in [0.3, 0.4) is 0 Å². The molecular weight excluding hydrogens is 254 g/mol. The molecule has 0 spiro atoms. The summed E-state index contributed by atoms with van der Waals surface area (Å²) in [7, 11) is 0. The van der Waals surface area contributed by atoms with Gasteiger partial charge in [-0.2, -0.15) is 0 Å². The Morgan fingerprint density at radius 2 is 1.94 bits per heavy atom. The number of nitrogens with one attached hydrogen (secondary N) is 1. The van der Waals surface area contributed by atoms with E-state index >= 15 is 0 Å². The van der Waals surface area contributed by atoms with Crippen LogP contribution in [0.25, 0.3) is 0 Å². The van der Waals surface area contributed by atoms with Crippen LogP contribution in [0.2, 0.25) is 5.02 Å². The van der Waals surface area contributed by atoms with Crippen molar-refractivity contribution in [2.75, 3.05) is 0 Å². The Labute approximate surface area is 111 Å². The third kappa shape index (κ3) is 3.47. The molecule has 0 aliphatic heterocycles. The topological polar surface area (TPSA) is 66.4 Å². The SMILES string of the molecule is Cc1ccc(C(=O)NC(C(=O)O)C(C)C)cc1Cl. The molecule has 5 heteroatoms. The second kappa shape index (κ2) is 5.87. The molecule has 0 aromatic heterocycles. The number of benzene rings is 1. The molecule has 0 heterocycles. The maximum Gasteiger partial charge on any atom is 0.326 e. The molecule has 0 saturated carbocycles. The third-order valence-corrected chi connectivity index (χ3v) is 3.06. The van der Waals surface area contributed by atoms with E-state index in [-0.39, 0.29) is 5.92 Å². The molecular formula is C13H16ClNO3. The normalized spacial score (nSPS) is 12.3. The Hall–Kier alpha value is -1.55. The molecule has 0 bridgehead atoms. The van der Waals surface area contributed by atoms with Gasteiger partial charge in [0.15, 0.2) is 0 Å². The fraction of sp³-hybridized carbons (Fsp3) is 0.385. The summed E-state index contributed by atoms with van der Waals surface area (Å²) in [5, 5.41) is 12.0. The highest BCUT2D eigenvalue weighted by atomic mass is 35.5. The van der Waals surface area contributed by atoms with Gasteiger partial charge in [-0.1, -0.05) is 31.5 Å². The predicted molar refractivity (Wildman–Crippen MR) is 69.9 cm³/mol. The molecule has 18 heavy (non-hydrogen) atoms. The second-order valence-corrected chi connectivity index (χ2v) is 4.90. The maximum atomic E-state index is 11.9. The number of carboxylic acid groups (broad SMARTS) is 1. The lowest BCUT2D eigenvalue weighted by molar-refractivity contribution is -0.140. The van der Waals surface area contributed by atoms with Crippen LogP contribution in [0.4, 0.5) is 0 Å². The number of carbonyl (C=O) groups is 2. The summed E-state index contributed by atoms with van der Waals surface area (Å²) in [6.45, 7) is 5.31. The van der Waals surface area contributed by atoms with Crippen molar-refractivity contribution in [3.8, 4) is 0 Å². The van der Waals surface area contributed by atoms with E-state index in [9.17, 15) is 9.59 Å². The molecule has 2 N–H and O–H groups in total. The number of hydrogen-bond acceptors (Lipinski definition) is 2. The number of carboxylic acids is 1. The Kier molecular flexibility index (Phi) is 4.73. The molecule has 1 atom stereocenters. The molecule has 0 saturated heterocycles. The average Bonchev–Trinajstić information content (AvgIpc) is 2.28. The number of amides is 1. The van der Waals surface area contributed by atoms with Crippen molar-refractivity contribution >= 4 is 23.5 Å². The lowest BCUT2D eigenvalue weighted by Crippen LogP contribution is -2.44. The number of halogens is 1. The summed E-state index contributed by atoms with van der Waals surface area (Å²) in [6, 6.07) is 3.97. The third-order valence-electron chi connectivity index (χ3n) is 2.65. The van der Waals surface area contributed by atoms with E-state index in [1.165, 1.54) is 6.07 Å². The molecule has 1 amide bonds. The predicted octanol–water partition coefficient (Wildman–Crippen LogP) is 2.49. The fourth-order valence-corrected chi connectivity index (χ4v) is 1.65. The molecule has 1 aromatic carbocycles. The second-order valence-electron chi connectivity index (χ2n) is 4.50. The lowest BCUT2D eigenvalue weighted by atomic mass is 10.0. The van der Waals surface area contributed by atoms with Gasteiger partial charge < -0.3 is 10.4 Å². The minimum Gasteiger partial charge on any atom is -0.480 e. The summed E-state index contributed by atoms with van der Waals surface area (Å²) < 4.78 is 0. The van der Waals surface area contributed by atoms with E-state index in [2.05, 4.69) is 5.32 Å². The smallest absolute Gasteiger partial charge is 0.326 e. The van der Waals surface area contributed by atoms with E-state index in [1.54, 1.807) is 26.0 Å². The van der Waals surface area contributed by atoms with Crippen molar-refractivity contribution in [1.82, 2.24) is 5.32 Å². The van der Waals surface area contributed by atoms with Crippen LogP contribution in [-0.2, 0) is 4.79 Å². The van der Waals surface area contributed by atoms with Crippen LogP contribution >= 0.6 is 11.6 Å². The molecule has 98 valence electrons. The van der Waals surface area contributed by atoms with Crippen molar-refractivity contribution in [3.05, 3.63) is 34.3 Å². The highest BCUT2D eigenvalue weighted by Gasteiger charge is 2.23. The van der Waals surface area contributed by atoms with Gasteiger partial charge >= 0.3 is 5.97 Å². The fourth-order valence-electron chi connectivity index (χ4n) is 1.47. The minimum atomic E-state index is -1.04. The maximum absolute atomic E-state index is 11.9. The summed E-state index contributed by atoms with van der Waals surface area (Å²) in [4.78, 5) is 22.9. The van der Waals surface area contributed by atoms with E-state index in [4.69, 9.17) is 16.7 Å². The molecule has 0 aliphatic carbocycles.